The number of hydrogen-bond donors (Lipinski definition) is 0. The zero-order valence-corrected chi connectivity index (χ0v) is 13.1. The van der Waals surface area contributed by atoms with Gasteiger partial charge in [-0.1, -0.05) is 41.9 Å². The van der Waals surface area contributed by atoms with Gasteiger partial charge >= 0.3 is 0 Å². The predicted octanol–water partition coefficient (Wildman–Crippen LogP) is 5.38. The van der Waals surface area contributed by atoms with Crippen molar-refractivity contribution >= 4 is 40.6 Å². The molecule has 1 heterocycles. The Morgan fingerprint density at radius 1 is 1.09 bits per heavy atom. The SMILES string of the molecule is O=C(c1ccccc1)c1cc(Cl)ccc1N=Cc1ccsc1. The van der Waals surface area contributed by atoms with Gasteiger partial charge in [0.1, 0.15) is 0 Å². The van der Waals surface area contributed by atoms with Crippen molar-refractivity contribution in [2.45, 2.75) is 0 Å². The van der Waals surface area contributed by atoms with Crippen molar-refractivity contribution in [1.82, 2.24) is 0 Å². The lowest BCUT2D eigenvalue weighted by atomic mass is 10.0. The van der Waals surface area contributed by atoms with Gasteiger partial charge in [0.15, 0.2) is 5.78 Å². The van der Waals surface area contributed by atoms with Crippen LogP contribution in [-0.2, 0) is 0 Å². The molecule has 0 aliphatic rings. The minimum Gasteiger partial charge on any atom is -0.289 e. The first-order valence-electron chi connectivity index (χ1n) is 6.69. The van der Waals surface area contributed by atoms with Crippen LogP contribution in [0.5, 0.6) is 0 Å². The topological polar surface area (TPSA) is 29.4 Å². The number of ketones is 1. The molecule has 0 saturated carbocycles. The first-order valence-corrected chi connectivity index (χ1v) is 8.02. The molecule has 0 aliphatic carbocycles. The summed E-state index contributed by atoms with van der Waals surface area (Å²) in [7, 11) is 0. The van der Waals surface area contributed by atoms with Gasteiger partial charge < -0.3 is 0 Å². The highest BCUT2D eigenvalue weighted by atomic mass is 35.5. The quantitative estimate of drug-likeness (QED) is 0.467. The van der Waals surface area contributed by atoms with E-state index in [1.54, 1.807) is 47.9 Å². The van der Waals surface area contributed by atoms with Crippen LogP contribution in [0.4, 0.5) is 5.69 Å². The van der Waals surface area contributed by atoms with Crippen LogP contribution in [0.25, 0.3) is 0 Å². The van der Waals surface area contributed by atoms with E-state index in [0.29, 0.717) is 21.8 Å². The molecule has 0 spiro atoms. The van der Waals surface area contributed by atoms with E-state index in [2.05, 4.69) is 4.99 Å². The van der Waals surface area contributed by atoms with E-state index in [0.717, 1.165) is 5.56 Å². The molecule has 0 fully saturated rings. The molecular formula is C18H12ClNOS. The zero-order valence-electron chi connectivity index (χ0n) is 11.6. The Morgan fingerprint density at radius 2 is 1.91 bits per heavy atom. The van der Waals surface area contributed by atoms with Crippen LogP contribution in [0.2, 0.25) is 5.02 Å². The number of halogens is 1. The molecule has 0 radical (unpaired) electrons. The smallest absolute Gasteiger partial charge is 0.195 e. The van der Waals surface area contributed by atoms with Crippen LogP contribution < -0.4 is 0 Å². The maximum atomic E-state index is 12.7. The second-order valence-corrected chi connectivity index (χ2v) is 5.89. The van der Waals surface area contributed by atoms with Gasteiger partial charge in [-0.3, -0.25) is 9.79 Å². The molecule has 0 amide bonds. The Morgan fingerprint density at radius 3 is 2.64 bits per heavy atom. The van der Waals surface area contributed by atoms with Gasteiger partial charge in [0.05, 0.1) is 5.69 Å². The summed E-state index contributed by atoms with van der Waals surface area (Å²) in [6.07, 6.45) is 1.75. The Bertz CT molecular complexity index is 810. The van der Waals surface area contributed by atoms with Crippen molar-refractivity contribution < 1.29 is 4.79 Å². The molecule has 0 bridgehead atoms. The summed E-state index contributed by atoms with van der Waals surface area (Å²) in [5.74, 6) is -0.0828. The Balaban J connectivity index is 1.99. The molecule has 22 heavy (non-hydrogen) atoms. The first-order chi connectivity index (χ1) is 10.7. The average molecular weight is 326 g/mol. The van der Waals surface area contributed by atoms with Gasteiger partial charge in [0.2, 0.25) is 0 Å². The Labute approximate surface area is 137 Å². The summed E-state index contributed by atoms with van der Waals surface area (Å²) in [6.45, 7) is 0. The van der Waals surface area contributed by atoms with Gasteiger partial charge in [0.25, 0.3) is 0 Å². The summed E-state index contributed by atoms with van der Waals surface area (Å²) in [6, 6.07) is 16.3. The predicted molar refractivity (Wildman–Crippen MR) is 92.9 cm³/mol. The van der Waals surface area contributed by atoms with Crippen molar-refractivity contribution in [3.8, 4) is 0 Å². The Kier molecular flexibility index (Phi) is 4.47. The van der Waals surface area contributed by atoms with Gasteiger partial charge in [-0.05, 0) is 35.0 Å². The zero-order chi connectivity index (χ0) is 15.4. The largest absolute Gasteiger partial charge is 0.289 e. The third-order valence-electron chi connectivity index (χ3n) is 3.14. The molecule has 0 N–H and O–H groups in total. The summed E-state index contributed by atoms with van der Waals surface area (Å²) >= 11 is 7.65. The molecular weight excluding hydrogens is 314 g/mol. The molecule has 108 valence electrons. The fourth-order valence-electron chi connectivity index (χ4n) is 2.04. The summed E-state index contributed by atoms with van der Waals surface area (Å²) in [5.41, 5.74) is 2.75. The molecule has 2 nitrogen and oxygen atoms in total. The van der Waals surface area contributed by atoms with Crippen molar-refractivity contribution in [1.29, 1.82) is 0 Å². The van der Waals surface area contributed by atoms with Crippen molar-refractivity contribution in [2.24, 2.45) is 4.99 Å². The second-order valence-electron chi connectivity index (χ2n) is 4.67. The lowest BCUT2D eigenvalue weighted by Crippen LogP contribution is -2.01. The van der Waals surface area contributed by atoms with Crippen LogP contribution in [0.1, 0.15) is 21.5 Å². The minimum absolute atomic E-state index is 0.0828. The fraction of sp³-hybridized carbons (Fsp3) is 0. The van der Waals surface area contributed by atoms with Gasteiger partial charge in [0, 0.05) is 27.9 Å². The minimum atomic E-state index is -0.0828. The van der Waals surface area contributed by atoms with Crippen molar-refractivity contribution in [3.05, 3.63) is 87.1 Å². The van der Waals surface area contributed by atoms with Crippen LogP contribution >= 0.6 is 22.9 Å². The van der Waals surface area contributed by atoms with Crippen molar-refractivity contribution in [2.75, 3.05) is 0 Å². The van der Waals surface area contributed by atoms with E-state index in [1.165, 1.54) is 0 Å². The standard InChI is InChI=1S/C18H12ClNOS/c19-15-6-7-17(20-11-13-8-9-22-12-13)16(10-15)18(21)14-4-2-1-3-5-14/h1-12H. The number of rotatable bonds is 4. The summed E-state index contributed by atoms with van der Waals surface area (Å²) < 4.78 is 0. The van der Waals surface area contributed by atoms with E-state index >= 15 is 0 Å². The summed E-state index contributed by atoms with van der Waals surface area (Å²) in [4.78, 5) is 17.1. The third kappa shape index (κ3) is 3.32. The number of aliphatic imine (C=N–C) groups is 1. The molecule has 0 atom stereocenters. The van der Waals surface area contributed by atoms with E-state index in [-0.39, 0.29) is 5.78 Å². The molecule has 0 saturated heterocycles. The number of hydrogen-bond acceptors (Lipinski definition) is 3. The lowest BCUT2D eigenvalue weighted by molar-refractivity contribution is 0.103. The maximum Gasteiger partial charge on any atom is 0.195 e. The van der Waals surface area contributed by atoms with Gasteiger partial charge in [-0.15, -0.1) is 0 Å². The second kappa shape index (κ2) is 6.69. The van der Waals surface area contributed by atoms with Crippen LogP contribution in [0.15, 0.2) is 70.3 Å². The van der Waals surface area contributed by atoms with Gasteiger partial charge in [-0.2, -0.15) is 11.3 Å². The van der Waals surface area contributed by atoms with E-state index < -0.39 is 0 Å². The highest BCUT2D eigenvalue weighted by Crippen LogP contribution is 2.26. The maximum absolute atomic E-state index is 12.7. The molecule has 0 unspecified atom stereocenters. The van der Waals surface area contributed by atoms with Crippen LogP contribution in [-0.4, -0.2) is 12.0 Å². The third-order valence-corrected chi connectivity index (χ3v) is 4.07. The molecule has 0 aliphatic heterocycles. The van der Waals surface area contributed by atoms with E-state index in [9.17, 15) is 4.79 Å². The molecule has 1 aromatic heterocycles. The number of benzene rings is 2. The first kappa shape index (κ1) is 14.7. The van der Waals surface area contributed by atoms with E-state index in [1.807, 2.05) is 35.0 Å². The van der Waals surface area contributed by atoms with Crippen LogP contribution in [0.3, 0.4) is 0 Å². The molecule has 4 heteroatoms. The Hall–Kier alpha value is -2.23. The monoisotopic (exact) mass is 325 g/mol. The number of carbonyl (C=O) groups excluding carboxylic acids is 1. The summed E-state index contributed by atoms with van der Waals surface area (Å²) in [5, 5.41) is 4.51. The lowest BCUT2D eigenvalue weighted by Gasteiger charge is -2.05. The number of carbonyl (C=O) groups is 1. The molecule has 2 aromatic carbocycles. The van der Waals surface area contributed by atoms with E-state index in [4.69, 9.17) is 11.6 Å². The number of thiophene rings is 1. The van der Waals surface area contributed by atoms with Crippen molar-refractivity contribution in [3.63, 3.8) is 0 Å². The van der Waals surface area contributed by atoms with Crippen LogP contribution in [0, 0.1) is 0 Å². The normalized spacial score (nSPS) is 11.0. The highest BCUT2D eigenvalue weighted by molar-refractivity contribution is 7.08. The highest BCUT2D eigenvalue weighted by Gasteiger charge is 2.13. The molecule has 3 rings (SSSR count). The fourth-order valence-corrected chi connectivity index (χ4v) is 2.82. The molecule has 3 aromatic rings. The number of nitrogens with zero attached hydrogens (tertiary/aromatic N) is 1. The average Bonchev–Trinajstić information content (AvgIpc) is 3.07. The van der Waals surface area contributed by atoms with Gasteiger partial charge in [-0.25, -0.2) is 0 Å².